The Morgan fingerprint density at radius 2 is 1.90 bits per heavy atom. The molecule has 158 valence electrons. The molecule has 2 aromatic carbocycles. The van der Waals surface area contributed by atoms with Crippen molar-refractivity contribution in [2.24, 2.45) is 11.7 Å². The number of aliphatic hydroxyl groups is 1. The van der Waals surface area contributed by atoms with Gasteiger partial charge in [-0.2, -0.15) is 0 Å². The molecular weight excluding hydrogens is 368 g/mol. The molecule has 0 spiro atoms. The van der Waals surface area contributed by atoms with E-state index < -0.39 is 12.0 Å². The van der Waals surface area contributed by atoms with Crippen LogP contribution in [0.3, 0.4) is 0 Å². The number of nitrogens with one attached hydrogen (secondary N) is 1. The van der Waals surface area contributed by atoms with Gasteiger partial charge in [-0.1, -0.05) is 43.3 Å². The Bertz CT molecular complexity index is 752. The highest BCUT2D eigenvalue weighted by Crippen LogP contribution is 2.23. The van der Waals surface area contributed by atoms with Gasteiger partial charge in [0.1, 0.15) is 12.4 Å². The van der Waals surface area contributed by atoms with Crippen LogP contribution in [0.15, 0.2) is 48.5 Å². The molecule has 1 amide bonds. The number of primary amides is 1. The first-order valence-corrected chi connectivity index (χ1v) is 10.1. The maximum atomic E-state index is 11.8. The molecule has 0 aromatic heterocycles. The van der Waals surface area contributed by atoms with Crippen LogP contribution >= 0.6 is 0 Å². The number of hydrogen-bond donors (Lipinski definition) is 3. The molecule has 0 radical (unpaired) electrons. The highest BCUT2D eigenvalue weighted by Gasteiger charge is 2.15. The van der Waals surface area contributed by atoms with E-state index in [4.69, 9.17) is 15.2 Å². The predicted molar refractivity (Wildman–Crippen MR) is 114 cm³/mol. The van der Waals surface area contributed by atoms with Gasteiger partial charge in [-0.3, -0.25) is 4.79 Å². The maximum absolute atomic E-state index is 11.8. The van der Waals surface area contributed by atoms with Crippen molar-refractivity contribution in [3.8, 4) is 5.75 Å². The second-order valence-electron chi connectivity index (χ2n) is 7.13. The van der Waals surface area contributed by atoms with E-state index in [-0.39, 0.29) is 5.56 Å². The summed E-state index contributed by atoms with van der Waals surface area (Å²) in [4.78, 5) is 11.8. The normalized spacial score (nSPS) is 13.1. The molecule has 0 aliphatic heterocycles. The van der Waals surface area contributed by atoms with E-state index in [0.717, 1.165) is 13.0 Å². The Labute approximate surface area is 173 Å². The molecule has 0 saturated carbocycles. The Hall–Kier alpha value is -2.41. The molecule has 2 unspecified atom stereocenters. The lowest BCUT2D eigenvalue weighted by Gasteiger charge is -2.17. The minimum absolute atomic E-state index is 0.260. The SMILES string of the molecule is CCOCCOc1ccc(C(O)CNCC(C)Cc2ccccc2)cc1C(N)=O. The van der Waals surface area contributed by atoms with Gasteiger partial charge >= 0.3 is 0 Å². The number of nitrogens with two attached hydrogens (primary N) is 1. The lowest BCUT2D eigenvalue weighted by atomic mass is 10.0. The number of amides is 1. The summed E-state index contributed by atoms with van der Waals surface area (Å²) < 4.78 is 10.8. The van der Waals surface area contributed by atoms with Crippen LogP contribution in [0.1, 0.15) is 41.4 Å². The van der Waals surface area contributed by atoms with E-state index in [0.29, 0.717) is 43.6 Å². The van der Waals surface area contributed by atoms with E-state index in [1.807, 2.05) is 25.1 Å². The Morgan fingerprint density at radius 1 is 1.14 bits per heavy atom. The maximum Gasteiger partial charge on any atom is 0.252 e. The molecule has 2 rings (SSSR count). The first-order valence-electron chi connectivity index (χ1n) is 10.1. The summed E-state index contributed by atoms with van der Waals surface area (Å²) in [5, 5.41) is 13.8. The van der Waals surface area contributed by atoms with Gasteiger partial charge in [-0.15, -0.1) is 0 Å². The molecule has 2 atom stereocenters. The first-order chi connectivity index (χ1) is 14.0. The number of hydrogen-bond acceptors (Lipinski definition) is 5. The van der Waals surface area contributed by atoms with Crippen molar-refractivity contribution in [1.82, 2.24) is 5.32 Å². The van der Waals surface area contributed by atoms with Crippen molar-refractivity contribution in [2.45, 2.75) is 26.4 Å². The van der Waals surface area contributed by atoms with E-state index >= 15 is 0 Å². The van der Waals surface area contributed by atoms with Crippen LogP contribution in [0.4, 0.5) is 0 Å². The number of rotatable bonds is 13. The highest BCUT2D eigenvalue weighted by atomic mass is 16.5. The minimum atomic E-state index is -0.741. The summed E-state index contributed by atoms with van der Waals surface area (Å²) >= 11 is 0. The third-order valence-electron chi connectivity index (χ3n) is 4.60. The Balaban J connectivity index is 1.86. The summed E-state index contributed by atoms with van der Waals surface area (Å²) in [6.45, 7) is 6.62. The van der Waals surface area contributed by atoms with Crippen LogP contribution in [0.5, 0.6) is 5.75 Å². The van der Waals surface area contributed by atoms with E-state index in [9.17, 15) is 9.90 Å². The fourth-order valence-electron chi connectivity index (χ4n) is 3.10. The minimum Gasteiger partial charge on any atom is -0.490 e. The standard InChI is InChI=1S/C23H32N2O4/c1-3-28-11-12-29-22-10-9-19(14-20(22)23(24)27)21(26)16-25-15-17(2)13-18-7-5-4-6-8-18/h4-10,14,17,21,25-26H,3,11-13,15-16H2,1-2H3,(H2,24,27). The van der Waals surface area contributed by atoms with Gasteiger partial charge in [0.2, 0.25) is 0 Å². The third-order valence-corrected chi connectivity index (χ3v) is 4.60. The molecule has 0 saturated heterocycles. The zero-order chi connectivity index (χ0) is 21.1. The van der Waals surface area contributed by atoms with Gasteiger partial charge in [0.05, 0.1) is 18.3 Å². The highest BCUT2D eigenvalue weighted by molar-refractivity contribution is 5.95. The lowest BCUT2D eigenvalue weighted by molar-refractivity contribution is 0.0978. The quantitative estimate of drug-likeness (QED) is 0.450. The van der Waals surface area contributed by atoms with Crippen molar-refractivity contribution < 1.29 is 19.4 Å². The van der Waals surface area contributed by atoms with Crippen LogP contribution < -0.4 is 15.8 Å². The van der Waals surface area contributed by atoms with Crippen molar-refractivity contribution >= 4 is 5.91 Å². The number of aliphatic hydroxyl groups excluding tert-OH is 1. The van der Waals surface area contributed by atoms with Crippen LogP contribution in [0.2, 0.25) is 0 Å². The van der Waals surface area contributed by atoms with Gasteiger partial charge in [-0.25, -0.2) is 0 Å². The zero-order valence-corrected chi connectivity index (χ0v) is 17.3. The van der Waals surface area contributed by atoms with Crippen LogP contribution in [-0.4, -0.2) is 43.9 Å². The molecule has 2 aromatic rings. The third kappa shape index (κ3) is 7.85. The Kier molecular flexibility index (Phi) is 9.64. The molecule has 0 heterocycles. The summed E-state index contributed by atoms with van der Waals surface area (Å²) in [6, 6.07) is 15.4. The summed E-state index contributed by atoms with van der Waals surface area (Å²) in [5.41, 5.74) is 7.66. The van der Waals surface area contributed by atoms with Crippen LogP contribution in [0, 0.1) is 5.92 Å². The molecule has 0 aliphatic carbocycles. The monoisotopic (exact) mass is 400 g/mol. The van der Waals surface area contributed by atoms with E-state index in [1.54, 1.807) is 18.2 Å². The molecule has 29 heavy (non-hydrogen) atoms. The largest absolute Gasteiger partial charge is 0.490 e. The van der Waals surface area contributed by atoms with Crippen molar-refractivity contribution in [2.75, 3.05) is 32.9 Å². The molecule has 0 fully saturated rings. The number of ether oxygens (including phenoxy) is 2. The molecular formula is C23H32N2O4. The molecule has 0 aliphatic rings. The molecule has 6 heteroatoms. The van der Waals surface area contributed by atoms with Crippen molar-refractivity contribution in [1.29, 1.82) is 0 Å². The van der Waals surface area contributed by atoms with Gasteiger partial charge in [0, 0.05) is 13.2 Å². The van der Waals surface area contributed by atoms with E-state index in [1.165, 1.54) is 5.56 Å². The van der Waals surface area contributed by atoms with Gasteiger partial charge in [-0.05, 0) is 49.1 Å². The van der Waals surface area contributed by atoms with Crippen molar-refractivity contribution in [3.63, 3.8) is 0 Å². The van der Waals surface area contributed by atoms with Gasteiger partial charge in [0.15, 0.2) is 0 Å². The van der Waals surface area contributed by atoms with Gasteiger partial charge in [0.25, 0.3) is 5.91 Å². The lowest BCUT2D eigenvalue weighted by Crippen LogP contribution is -2.27. The number of carbonyl (C=O) groups excluding carboxylic acids is 1. The smallest absolute Gasteiger partial charge is 0.252 e. The fourth-order valence-corrected chi connectivity index (χ4v) is 3.10. The second-order valence-corrected chi connectivity index (χ2v) is 7.13. The first kappa shape index (κ1) is 22.9. The summed E-state index contributed by atoms with van der Waals surface area (Å²) in [5.74, 6) is 0.249. The van der Waals surface area contributed by atoms with Gasteiger partial charge < -0.3 is 25.6 Å². The second kappa shape index (κ2) is 12.2. The zero-order valence-electron chi connectivity index (χ0n) is 17.3. The fraction of sp³-hybridized carbons (Fsp3) is 0.435. The van der Waals surface area contributed by atoms with Crippen LogP contribution in [-0.2, 0) is 11.2 Å². The summed E-state index contributed by atoms with van der Waals surface area (Å²) in [6.07, 6.45) is 0.235. The molecule has 6 nitrogen and oxygen atoms in total. The molecule has 4 N–H and O–H groups in total. The molecule has 0 bridgehead atoms. The number of benzene rings is 2. The number of carbonyl (C=O) groups is 1. The average Bonchev–Trinajstić information content (AvgIpc) is 2.71. The van der Waals surface area contributed by atoms with E-state index in [2.05, 4.69) is 24.4 Å². The Morgan fingerprint density at radius 3 is 2.59 bits per heavy atom. The van der Waals surface area contributed by atoms with Crippen molar-refractivity contribution in [3.05, 3.63) is 65.2 Å². The van der Waals surface area contributed by atoms with Crippen LogP contribution in [0.25, 0.3) is 0 Å². The topological polar surface area (TPSA) is 93.8 Å². The average molecular weight is 401 g/mol. The predicted octanol–water partition coefficient (Wildman–Crippen LogP) is 2.70. The summed E-state index contributed by atoms with van der Waals surface area (Å²) in [7, 11) is 0.